The maximum Gasteiger partial charge on any atom is 0.195 e. The molecule has 0 radical (unpaired) electrons. The highest BCUT2D eigenvalue weighted by atomic mass is 32.2. The van der Waals surface area contributed by atoms with Gasteiger partial charge >= 0.3 is 0 Å². The lowest BCUT2D eigenvalue weighted by Crippen LogP contribution is -2.45. The Labute approximate surface area is 164 Å². The van der Waals surface area contributed by atoms with E-state index < -0.39 is 20.8 Å². The van der Waals surface area contributed by atoms with Crippen molar-refractivity contribution in [2.24, 2.45) is 16.5 Å². The van der Waals surface area contributed by atoms with Gasteiger partial charge < -0.3 is 20.5 Å². The van der Waals surface area contributed by atoms with Crippen molar-refractivity contribution in [3.05, 3.63) is 47.5 Å². The number of aliphatic imine (C=N–C) groups is 1. The maximum absolute atomic E-state index is 13.0. The average Bonchev–Trinajstić information content (AvgIpc) is 2.66. The Morgan fingerprint density at radius 1 is 1.07 bits per heavy atom. The van der Waals surface area contributed by atoms with Gasteiger partial charge in [-0.2, -0.15) is 0 Å². The molecular weight excluding hydrogens is 380 g/mol. The second-order valence-electron chi connectivity index (χ2n) is 6.73. The van der Waals surface area contributed by atoms with E-state index in [9.17, 15) is 8.42 Å². The summed E-state index contributed by atoms with van der Waals surface area (Å²) in [6.07, 6.45) is 0. The molecule has 0 amide bonds. The molecule has 0 saturated carbocycles. The highest BCUT2D eigenvalue weighted by Crippen LogP contribution is 2.44. The van der Waals surface area contributed by atoms with Crippen LogP contribution in [0.2, 0.25) is 0 Å². The van der Waals surface area contributed by atoms with Crippen molar-refractivity contribution in [1.82, 2.24) is 0 Å². The third-order valence-corrected chi connectivity index (χ3v) is 6.93. The molecule has 150 valence electrons. The van der Waals surface area contributed by atoms with Gasteiger partial charge in [0.1, 0.15) is 0 Å². The first kappa shape index (κ1) is 20.0. The van der Waals surface area contributed by atoms with Crippen molar-refractivity contribution in [3.63, 3.8) is 0 Å². The zero-order chi connectivity index (χ0) is 20.7. The molecule has 5 N–H and O–H groups in total. The summed E-state index contributed by atoms with van der Waals surface area (Å²) in [6, 6.07) is 9.93. The number of guanidine groups is 1. The standard InChI is InChI=1S/C19H24N4O4S/c1-11(2)28(24,25)17-8-6-5-7-12(17)19(21)13-9-15(26-3)16(27-4)10-14(13)22-18(20)23-19/h5-11H,21H2,1-4H3,(H3,20,22,23). The van der Waals surface area contributed by atoms with Crippen LogP contribution in [0.15, 0.2) is 46.3 Å². The van der Waals surface area contributed by atoms with E-state index in [4.69, 9.17) is 20.9 Å². The molecule has 1 atom stereocenters. The SMILES string of the molecule is COc1cc2c(cc1OC)C(N)(c1ccccc1S(=O)(=O)C(C)C)N=C(N)N2. The maximum atomic E-state index is 13.0. The molecule has 28 heavy (non-hydrogen) atoms. The van der Waals surface area contributed by atoms with Gasteiger partial charge in [-0.3, -0.25) is 5.73 Å². The number of benzene rings is 2. The highest BCUT2D eigenvalue weighted by molar-refractivity contribution is 7.92. The number of sulfone groups is 1. The molecule has 0 bridgehead atoms. The second-order valence-corrected chi connectivity index (χ2v) is 9.20. The van der Waals surface area contributed by atoms with Gasteiger partial charge in [0.05, 0.1) is 30.1 Å². The largest absolute Gasteiger partial charge is 0.493 e. The summed E-state index contributed by atoms with van der Waals surface area (Å²) in [5.41, 5.74) is 12.6. The number of nitrogens with one attached hydrogen (secondary N) is 1. The van der Waals surface area contributed by atoms with Crippen LogP contribution in [-0.4, -0.2) is 33.8 Å². The molecule has 2 aromatic rings. The number of nitrogens with two attached hydrogens (primary N) is 2. The van der Waals surface area contributed by atoms with E-state index in [-0.39, 0.29) is 10.9 Å². The fourth-order valence-electron chi connectivity index (χ4n) is 3.20. The quantitative estimate of drug-likeness (QED) is 0.693. The number of fused-ring (bicyclic) bond motifs is 1. The van der Waals surface area contributed by atoms with E-state index in [1.165, 1.54) is 20.3 Å². The van der Waals surface area contributed by atoms with Crippen LogP contribution >= 0.6 is 0 Å². The summed E-state index contributed by atoms with van der Waals surface area (Å²) in [6.45, 7) is 3.24. The fourth-order valence-corrected chi connectivity index (χ4v) is 4.51. The number of methoxy groups -OCH3 is 2. The van der Waals surface area contributed by atoms with Gasteiger partial charge in [-0.25, -0.2) is 13.4 Å². The summed E-state index contributed by atoms with van der Waals surface area (Å²) in [5, 5.41) is 2.33. The third-order valence-electron chi connectivity index (χ3n) is 4.72. The normalized spacial score (nSPS) is 18.9. The number of hydrogen-bond donors (Lipinski definition) is 3. The van der Waals surface area contributed by atoms with Crippen LogP contribution in [0.1, 0.15) is 25.0 Å². The molecule has 0 aromatic heterocycles. The first-order valence-electron chi connectivity index (χ1n) is 8.66. The van der Waals surface area contributed by atoms with Gasteiger partial charge in [0.25, 0.3) is 0 Å². The molecule has 1 aliphatic heterocycles. The van der Waals surface area contributed by atoms with E-state index in [1.54, 1.807) is 44.2 Å². The van der Waals surface area contributed by atoms with Gasteiger partial charge in [0, 0.05) is 17.2 Å². The molecule has 0 saturated heterocycles. The van der Waals surface area contributed by atoms with Gasteiger partial charge in [-0.15, -0.1) is 0 Å². The molecule has 0 fully saturated rings. The van der Waals surface area contributed by atoms with Crippen LogP contribution in [0.4, 0.5) is 5.69 Å². The van der Waals surface area contributed by atoms with Gasteiger partial charge in [0.2, 0.25) is 0 Å². The first-order chi connectivity index (χ1) is 13.1. The van der Waals surface area contributed by atoms with Crippen LogP contribution < -0.4 is 26.3 Å². The van der Waals surface area contributed by atoms with E-state index in [1.807, 2.05) is 0 Å². The lowest BCUT2D eigenvalue weighted by atomic mass is 9.89. The molecule has 0 aliphatic carbocycles. The predicted molar refractivity (Wildman–Crippen MR) is 109 cm³/mol. The minimum Gasteiger partial charge on any atom is -0.493 e. The minimum absolute atomic E-state index is 0.0685. The topological polar surface area (TPSA) is 129 Å². The average molecular weight is 404 g/mol. The lowest BCUT2D eigenvalue weighted by molar-refractivity contribution is 0.353. The van der Waals surface area contributed by atoms with Crippen LogP contribution in [0.5, 0.6) is 11.5 Å². The molecule has 1 unspecified atom stereocenters. The second kappa shape index (κ2) is 6.99. The van der Waals surface area contributed by atoms with Crippen molar-refractivity contribution < 1.29 is 17.9 Å². The van der Waals surface area contributed by atoms with Crippen LogP contribution in [0.3, 0.4) is 0 Å². The molecule has 8 nitrogen and oxygen atoms in total. The van der Waals surface area contributed by atoms with Crippen molar-refractivity contribution >= 4 is 21.5 Å². The molecule has 9 heteroatoms. The molecule has 2 aromatic carbocycles. The van der Waals surface area contributed by atoms with Gasteiger partial charge in [0.15, 0.2) is 33.0 Å². The molecular formula is C19H24N4O4S. The van der Waals surface area contributed by atoms with Crippen molar-refractivity contribution in [1.29, 1.82) is 0 Å². The Morgan fingerprint density at radius 3 is 2.29 bits per heavy atom. The summed E-state index contributed by atoms with van der Waals surface area (Å²) in [4.78, 5) is 4.51. The number of hydrogen-bond acceptors (Lipinski definition) is 8. The van der Waals surface area contributed by atoms with E-state index in [2.05, 4.69) is 10.3 Å². The Balaban J connectivity index is 2.34. The van der Waals surface area contributed by atoms with Crippen molar-refractivity contribution in [3.8, 4) is 11.5 Å². The Kier molecular flexibility index (Phi) is 4.99. The zero-order valence-corrected chi connectivity index (χ0v) is 17.0. The van der Waals surface area contributed by atoms with E-state index >= 15 is 0 Å². The summed E-state index contributed by atoms with van der Waals surface area (Å²) >= 11 is 0. The summed E-state index contributed by atoms with van der Waals surface area (Å²) in [5.74, 6) is 0.991. The van der Waals surface area contributed by atoms with Crippen LogP contribution in [0.25, 0.3) is 0 Å². The fraction of sp³-hybridized carbons (Fsp3) is 0.316. The van der Waals surface area contributed by atoms with Gasteiger partial charge in [-0.05, 0) is 26.0 Å². The van der Waals surface area contributed by atoms with Crippen molar-refractivity contribution in [2.75, 3.05) is 19.5 Å². The molecule has 1 heterocycles. The number of nitrogens with zero attached hydrogens (tertiary/aromatic N) is 1. The molecule has 0 spiro atoms. The van der Waals surface area contributed by atoms with Gasteiger partial charge in [-0.1, -0.05) is 18.2 Å². The Morgan fingerprint density at radius 2 is 1.68 bits per heavy atom. The first-order valence-corrected chi connectivity index (χ1v) is 10.2. The van der Waals surface area contributed by atoms with Crippen LogP contribution in [-0.2, 0) is 15.5 Å². The third kappa shape index (κ3) is 3.06. The monoisotopic (exact) mass is 404 g/mol. The van der Waals surface area contributed by atoms with Crippen LogP contribution in [0, 0.1) is 0 Å². The minimum atomic E-state index is -3.61. The smallest absolute Gasteiger partial charge is 0.195 e. The Bertz CT molecular complexity index is 1050. The van der Waals surface area contributed by atoms with E-state index in [0.29, 0.717) is 28.3 Å². The predicted octanol–water partition coefficient (Wildman–Crippen LogP) is 1.79. The molecule has 1 aliphatic rings. The van der Waals surface area contributed by atoms with E-state index in [0.717, 1.165) is 0 Å². The number of ether oxygens (including phenoxy) is 2. The van der Waals surface area contributed by atoms with Crippen molar-refractivity contribution in [2.45, 2.75) is 29.7 Å². The Hall–Kier alpha value is -2.78. The lowest BCUT2D eigenvalue weighted by Gasteiger charge is -2.34. The number of rotatable bonds is 5. The zero-order valence-electron chi connectivity index (χ0n) is 16.2. The summed E-state index contributed by atoms with van der Waals surface area (Å²) < 4.78 is 36.6. The number of anilines is 1. The molecule has 3 rings (SSSR count). The highest BCUT2D eigenvalue weighted by Gasteiger charge is 2.40. The summed E-state index contributed by atoms with van der Waals surface area (Å²) in [7, 11) is -0.584.